The molecule has 4 N–H and O–H groups in total. The van der Waals surface area contributed by atoms with Crippen LogP contribution in [-0.4, -0.2) is 24.2 Å². The molecular weight excluding hydrogens is 367 g/mol. The molecule has 1 aliphatic rings. The molecule has 0 aliphatic carbocycles. The summed E-state index contributed by atoms with van der Waals surface area (Å²) >= 11 is -2.86. The molecule has 1 heterocycles. The summed E-state index contributed by atoms with van der Waals surface area (Å²) in [5, 5.41) is 0. The van der Waals surface area contributed by atoms with E-state index in [4.69, 9.17) is 11.5 Å². The van der Waals surface area contributed by atoms with Gasteiger partial charge in [-0.25, -0.2) is 0 Å². The van der Waals surface area contributed by atoms with Gasteiger partial charge in [0.2, 0.25) is 0 Å². The van der Waals surface area contributed by atoms with Gasteiger partial charge in [-0.1, -0.05) is 0 Å². The summed E-state index contributed by atoms with van der Waals surface area (Å²) in [6.45, 7) is 0. The Hall–Kier alpha value is -1.35. The fraction of sp³-hybridized carbons (Fsp3) is 0. The first kappa shape index (κ1) is 16.0. The molecule has 0 aromatic heterocycles. The molecule has 21 heavy (non-hydrogen) atoms. The molecule has 0 saturated heterocycles. The molecular formula is C12H11ClN2O5Se. The third kappa shape index (κ3) is 3.85. The first-order chi connectivity index (χ1) is 9.79. The van der Waals surface area contributed by atoms with Gasteiger partial charge < -0.3 is 0 Å². The quantitative estimate of drug-likeness (QED) is 0.523. The van der Waals surface area contributed by atoms with Crippen LogP contribution in [0.15, 0.2) is 48.1 Å². The van der Waals surface area contributed by atoms with Crippen molar-refractivity contribution in [2.75, 3.05) is 0 Å². The molecule has 9 heteroatoms. The van der Waals surface area contributed by atoms with Crippen LogP contribution in [0.25, 0.3) is 4.47 Å². The van der Waals surface area contributed by atoms with Gasteiger partial charge in [0, 0.05) is 0 Å². The van der Waals surface area contributed by atoms with E-state index < -0.39 is 29.9 Å². The van der Waals surface area contributed by atoms with Crippen LogP contribution < -0.4 is 25.4 Å². The Morgan fingerprint density at radius 2 is 1.76 bits per heavy atom. The molecule has 1 aromatic carbocycles. The SMILES string of the molecule is NC(=O)C1=CC=C(c2ccccc2)[Se](O[Cl+3]([O-])([O-])[O-])=C1N. The average molecular weight is 378 g/mol. The molecule has 1 atom stereocenters. The number of carbonyl (C=O) groups is 1. The number of benzene rings is 1. The first-order valence-corrected chi connectivity index (χ1v) is 9.19. The van der Waals surface area contributed by atoms with Crippen molar-refractivity contribution in [1.29, 1.82) is 0 Å². The van der Waals surface area contributed by atoms with Crippen LogP contribution in [0.1, 0.15) is 5.56 Å². The minimum atomic E-state index is -4.67. The maximum atomic E-state index is 11.3. The van der Waals surface area contributed by atoms with E-state index in [1.54, 1.807) is 30.3 Å². The van der Waals surface area contributed by atoms with E-state index in [1.165, 1.54) is 12.2 Å². The van der Waals surface area contributed by atoms with Gasteiger partial charge in [-0.3, -0.25) is 0 Å². The number of primary amides is 1. The van der Waals surface area contributed by atoms with Crippen molar-refractivity contribution in [2.45, 2.75) is 0 Å². The maximum absolute atomic E-state index is 11.3. The van der Waals surface area contributed by atoms with Gasteiger partial charge >= 0.3 is 126 Å². The standard InChI is InChI=1S/C12H11ClN2O5Se/c14-11(16)9-6-7-10(8-4-2-1-3-5-8)21(12(9)15)20-13(17,18)19/h1-7H,15H2,(H2,14,16). The van der Waals surface area contributed by atoms with Gasteiger partial charge in [0.25, 0.3) is 0 Å². The average Bonchev–Trinajstić information content (AvgIpc) is 2.40. The Balaban J connectivity index is 2.56. The first-order valence-electron chi connectivity index (χ1n) is 5.54. The van der Waals surface area contributed by atoms with E-state index in [9.17, 15) is 18.8 Å². The second-order valence-corrected chi connectivity index (χ2v) is 8.56. The molecule has 0 spiro atoms. The summed E-state index contributed by atoms with van der Waals surface area (Å²) in [4.78, 5) is 11.3. The summed E-state index contributed by atoms with van der Waals surface area (Å²) in [7, 11) is -4.67. The Morgan fingerprint density at radius 1 is 1.14 bits per heavy atom. The zero-order chi connectivity index (χ0) is 15.6. The van der Waals surface area contributed by atoms with Gasteiger partial charge in [-0.2, -0.15) is 0 Å². The molecule has 0 radical (unpaired) electrons. The Bertz CT molecular complexity index is 664. The summed E-state index contributed by atoms with van der Waals surface area (Å²) in [5.74, 6) is -0.812. The van der Waals surface area contributed by atoms with Crippen molar-refractivity contribution < 1.29 is 32.4 Å². The van der Waals surface area contributed by atoms with Crippen molar-refractivity contribution in [3.8, 4) is 0 Å². The van der Waals surface area contributed by atoms with Gasteiger partial charge in [0.05, 0.1) is 0 Å². The summed E-state index contributed by atoms with van der Waals surface area (Å²) < 4.78 is 37.6. The van der Waals surface area contributed by atoms with E-state index >= 15 is 0 Å². The predicted molar refractivity (Wildman–Crippen MR) is 67.7 cm³/mol. The molecule has 0 saturated carbocycles. The number of carbonyl (C=O) groups excluding carboxylic acids is 1. The number of rotatable bonds is 4. The predicted octanol–water partition coefficient (Wildman–Crippen LogP) is -3.39. The van der Waals surface area contributed by atoms with Crippen molar-refractivity contribution in [1.82, 2.24) is 0 Å². The third-order valence-electron chi connectivity index (χ3n) is 2.53. The van der Waals surface area contributed by atoms with Crippen LogP contribution in [0.5, 0.6) is 0 Å². The van der Waals surface area contributed by atoms with Gasteiger partial charge in [-0.15, -0.1) is 0 Å². The van der Waals surface area contributed by atoms with E-state index in [1.807, 2.05) is 0 Å². The zero-order valence-electron chi connectivity index (χ0n) is 10.5. The Kier molecular flexibility index (Phi) is 4.72. The van der Waals surface area contributed by atoms with Crippen molar-refractivity contribution >= 4 is 28.7 Å². The summed E-state index contributed by atoms with van der Waals surface area (Å²) in [6.07, 6.45) is 2.88. The minimum absolute atomic E-state index is 0.0430. The second kappa shape index (κ2) is 6.18. The number of amides is 1. The number of halogens is 1. The monoisotopic (exact) mass is 378 g/mol. The molecule has 1 aromatic rings. The van der Waals surface area contributed by atoms with Crippen molar-refractivity contribution in [3.05, 3.63) is 53.6 Å². The number of nitrogens with two attached hydrogens (primary N) is 2. The van der Waals surface area contributed by atoms with Crippen molar-refractivity contribution in [2.24, 2.45) is 11.5 Å². The van der Waals surface area contributed by atoms with Crippen LogP contribution in [0.2, 0.25) is 0 Å². The van der Waals surface area contributed by atoms with E-state index in [0.29, 0.717) is 10.0 Å². The molecule has 2 rings (SSSR count). The normalized spacial score (nSPS) is 19.0. The van der Waals surface area contributed by atoms with E-state index in [-0.39, 0.29) is 10.1 Å². The van der Waals surface area contributed by atoms with Gasteiger partial charge in [0.15, 0.2) is 0 Å². The molecule has 1 amide bonds. The van der Waals surface area contributed by atoms with Crippen LogP contribution in [0, 0.1) is 10.2 Å². The van der Waals surface area contributed by atoms with Crippen molar-refractivity contribution in [3.63, 3.8) is 0 Å². The third-order valence-corrected chi connectivity index (χ3v) is 7.49. The van der Waals surface area contributed by atoms with Gasteiger partial charge in [-0.05, 0) is 0 Å². The molecule has 0 bridgehead atoms. The molecule has 1 unspecified atom stereocenters. The second-order valence-electron chi connectivity index (χ2n) is 3.92. The van der Waals surface area contributed by atoms with Gasteiger partial charge in [0.1, 0.15) is 0 Å². The Labute approximate surface area is 126 Å². The van der Waals surface area contributed by atoms with Crippen LogP contribution in [0.4, 0.5) is 0 Å². The van der Waals surface area contributed by atoms with Crippen LogP contribution >= 0.6 is 0 Å². The van der Waals surface area contributed by atoms with E-state index in [0.717, 1.165) is 0 Å². The molecule has 7 nitrogen and oxygen atoms in total. The van der Waals surface area contributed by atoms with E-state index in [2.05, 4.69) is 3.37 Å². The number of allylic oxidation sites excluding steroid dienone is 2. The number of hydrogen-bond donors (Lipinski definition) is 2. The topological polar surface area (TPSA) is 148 Å². The molecule has 0 fully saturated rings. The van der Waals surface area contributed by atoms with Crippen LogP contribution in [-0.2, 0) is 8.17 Å². The summed E-state index contributed by atoms with van der Waals surface area (Å²) in [6, 6.07) is 8.70. The zero-order valence-corrected chi connectivity index (χ0v) is 13.0. The fourth-order valence-electron chi connectivity index (χ4n) is 1.68. The fourth-order valence-corrected chi connectivity index (χ4v) is 6.20. The Morgan fingerprint density at radius 3 is 2.29 bits per heavy atom. The molecule has 1 aliphatic heterocycles. The molecule has 112 valence electrons. The van der Waals surface area contributed by atoms with Crippen LogP contribution in [0.3, 0.4) is 0 Å². The summed E-state index contributed by atoms with van der Waals surface area (Å²) in [5.41, 5.74) is 11.6. The number of hydrogen-bond acceptors (Lipinski definition) is 6.